The molecule has 0 saturated carbocycles. The van der Waals surface area contributed by atoms with Crippen molar-refractivity contribution < 1.29 is 18.0 Å². The molecule has 7 heteroatoms. The van der Waals surface area contributed by atoms with Gasteiger partial charge in [-0.2, -0.15) is 0 Å². The molecule has 21 heavy (non-hydrogen) atoms. The number of sulfonamides is 1. The molecule has 0 aliphatic rings. The summed E-state index contributed by atoms with van der Waals surface area (Å²) in [5.41, 5.74) is 1.21. The summed E-state index contributed by atoms with van der Waals surface area (Å²) in [5.74, 6) is -0.800. The van der Waals surface area contributed by atoms with Gasteiger partial charge in [0.2, 0.25) is 0 Å². The first-order chi connectivity index (χ1) is 9.90. The Hall–Kier alpha value is -1.89. The summed E-state index contributed by atoms with van der Waals surface area (Å²) in [6, 6.07) is 12.4. The minimum Gasteiger partial charge on any atom is -0.351 e. The van der Waals surface area contributed by atoms with Crippen LogP contribution in [0.3, 0.4) is 0 Å². The predicted octanol–water partition coefficient (Wildman–Crippen LogP) is 2.70. The van der Waals surface area contributed by atoms with Crippen molar-refractivity contribution in [3.8, 4) is 0 Å². The van der Waals surface area contributed by atoms with Gasteiger partial charge in [-0.25, -0.2) is 13.2 Å². The largest absolute Gasteiger partial charge is 0.357 e. The Kier molecular flexibility index (Phi) is 4.62. The predicted molar refractivity (Wildman–Crippen MR) is 78.4 cm³/mol. The van der Waals surface area contributed by atoms with Gasteiger partial charge in [0.05, 0.1) is 10.6 Å². The molecule has 2 rings (SSSR count). The number of hydrogen-bond donors (Lipinski definition) is 1. The Morgan fingerprint density at radius 2 is 1.71 bits per heavy atom. The van der Waals surface area contributed by atoms with Gasteiger partial charge in [-0.1, -0.05) is 41.4 Å². The highest BCUT2D eigenvalue weighted by Crippen LogP contribution is 2.20. The fourth-order valence-corrected chi connectivity index (χ4v) is 2.85. The summed E-state index contributed by atoms with van der Waals surface area (Å²) >= 11 is 5.80. The van der Waals surface area contributed by atoms with Crippen LogP contribution in [0.1, 0.15) is 15.9 Å². The van der Waals surface area contributed by atoms with Crippen molar-refractivity contribution in [3.05, 3.63) is 64.7 Å². The minimum atomic E-state index is -4.03. The average Bonchev–Trinajstić information content (AvgIpc) is 2.46. The highest BCUT2D eigenvalue weighted by Gasteiger charge is 2.20. The van der Waals surface area contributed by atoms with Crippen LogP contribution < -0.4 is 4.89 Å². The lowest BCUT2D eigenvalue weighted by atomic mass is 10.2. The zero-order valence-electron chi connectivity index (χ0n) is 11.0. The van der Waals surface area contributed by atoms with Crippen LogP contribution >= 0.6 is 11.6 Å². The summed E-state index contributed by atoms with van der Waals surface area (Å²) in [7, 11) is -4.03. The number of carbonyl (C=O) groups excluding carboxylic acids is 1. The lowest BCUT2D eigenvalue weighted by Crippen LogP contribution is -2.27. The van der Waals surface area contributed by atoms with Crippen LogP contribution in [-0.2, 0) is 14.9 Å². The molecule has 5 nitrogen and oxygen atoms in total. The van der Waals surface area contributed by atoms with Crippen molar-refractivity contribution >= 4 is 27.6 Å². The molecule has 110 valence electrons. The van der Waals surface area contributed by atoms with E-state index in [1.54, 1.807) is 35.2 Å². The number of aryl methyl sites for hydroxylation is 1. The molecule has 0 unspecified atom stereocenters. The van der Waals surface area contributed by atoms with E-state index < -0.39 is 16.0 Å². The molecule has 0 aliphatic carbocycles. The average molecular weight is 326 g/mol. The lowest BCUT2D eigenvalue weighted by Gasteiger charge is -2.08. The van der Waals surface area contributed by atoms with Crippen molar-refractivity contribution in [2.75, 3.05) is 0 Å². The fourth-order valence-electron chi connectivity index (χ4n) is 1.55. The third-order valence-corrected chi connectivity index (χ3v) is 4.34. The molecular formula is C14H12ClNO4S. The van der Waals surface area contributed by atoms with Gasteiger partial charge in [-0.05, 0) is 36.1 Å². The zero-order chi connectivity index (χ0) is 15.5. The van der Waals surface area contributed by atoms with E-state index in [-0.39, 0.29) is 15.5 Å². The van der Waals surface area contributed by atoms with Crippen LogP contribution in [0.4, 0.5) is 0 Å². The maximum absolute atomic E-state index is 12.0. The van der Waals surface area contributed by atoms with Gasteiger partial charge in [-0.15, -0.1) is 0 Å². The van der Waals surface area contributed by atoms with Crippen LogP contribution in [0, 0.1) is 6.92 Å². The lowest BCUT2D eigenvalue weighted by molar-refractivity contribution is 0.0407. The standard InChI is InChI=1S/C14H12ClNO4S/c1-10-6-8-11(9-7-10)14(17)20-16-21(18,19)13-5-3-2-4-12(13)15/h2-9,16H,1H3. The molecule has 2 aromatic rings. The van der Waals surface area contributed by atoms with Gasteiger partial charge in [0, 0.05) is 0 Å². The van der Waals surface area contributed by atoms with Crippen LogP contribution in [0.5, 0.6) is 0 Å². The van der Waals surface area contributed by atoms with Crippen molar-refractivity contribution in [2.24, 2.45) is 0 Å². The van der Waals surface area contributed by atoms with Crippen LogP contribution in [-0.4, -0.2) is 14.4 Å². The number of hydrogen-bond acceptors (Lipinski definition) is 4. The Bertz CT molecular complexity index is 757. The molecule has 0 heterocycles. The van der Waals surface area contributed by atoms with Gasteiger partial charge >= 0.3 is 5.97 Å². The summed E-state index contributed by atoms with van der Waals surface area (Å²) in [6.45, 7) is 1.87. The molecule has 0 fully saturated rings. The van der Waals surface area contributed by atoms with Crippen molar-refractivity contribution in [1.82, 2.24) is 4.89 Å². The fraction of sp³-hybridized carbons (Fsp3) is 0.0714. The van der Waals surface area contributed by atoms with E-state index in [1.807, 2.05) is 6.92 Å². The van der Waals surface area contributed by atoms with Gasteiger partial charge in [0.15, 0.2) is 0 Å². The molecule has 0 radical (unpaired) electrons. The second-order valence-corrected chi connectivity index (χ2v) is 6.29. The van der Waals surface area contributed by atoms with Gasteiger partial charge in [0.1, 0.15) is 4.90 Å². The Morgan fingerprint density at radius 1 is 1.10 bits per heavy atom. The van der Waals surface area contributed by atoms with Crippen LogP contribution in [0.25, 0.3) is 0 Å². The quantitative estimate of drug-likeness (QED) is 0.877. The molecule has 0 bridgehead atoms. The maximum Gasteiger partial charge on any atom is 0.357 e. The molecule has 2 aromatic carbocycles. The van der Waals surface area contributed by atoms with Crippen LogP contribution in [0.2, 0.25) is 5.02 Å². The molecule has 0 atom stereocenters. The van der Waals surface area contributed by atoms with Crippen molar-refractivity contribution in [3.63, 3.8) is 0 Å². The Labute approximate surface area is 127 Å². The molecule has 0 spiro atoms. The smallest absolute Gasteiger partial charge is 0.351 e. The summed E-state index contributed by atoms with van der Waals surface area (Å²) in [4.78, 5) is 17.9. The first kappa shape index (κ1) is 15.5. The van der Waals surface area contributed by atoms with Crippen molar-refractivity contribution in [2.45, 2.75) is 11.8 Å². The maximum atomic E-state index is 12.0. The SMILES string of the molecule is Cc1ccc(C(=O)ONS(=O)(=O)c2ccccc2Cl)cc1. The zero-order valence-corrected chi connectivity index (χ0v) is 12.6. The normalized spacial score (nSPS) is 11.1. The first-order valence-electron chi connectivity index (χ1n) is 5.94. The van der Waals surface area contributed by atoms with E-state index >= 15 is 0 Å². The van der Waals surface area contributed by atoms with E-state index in [4.69, 9.17) is 11.6 Å². The summed E-state index contributed by atoms with van der Waals surface area (Å²) in [5, 5.41) is 0.0383. The van der Waals surface area contributed by atoms with Gasteiger partial charge < -0.3 is 4.84 Å². The number of carbonyl (C=O) groups is 1. The molecule has 1 N–H and O–H groups in total. The third-order valence-electron chi connectivity index (χ3n) is 2.66. The third kappa shape index (κ3) is 3.81. The molecule has 0 saturated heterocycles. The molecule has 0 amide bonds. The highest BCUT2D eigenvalue weighted by atomic mass is 35.5. The van der Waals surface area contributed by atoms with E-state index in [0.29, 0.717) is 0 Å². The summed E-state index contributed by atoms with van der Waals surface area (Å²) in [6.07, 6.45) is 0. The van der Waals surface area contributed by atoms with Gasteiger partial charge in [0.25, 0.3) is 10.0 Å². The van der Waals surface area contributed by atoms with E-state index in [2.05, 4.69) is 4.84 Å². The second-order valence-electron chi connectivity index (χ2n) is 4.27. The topological polar surface area (TPSA) is 72.5 Å². The Balaban J connectivity index is 2.10. The minimum absolute atomic E-state index is 0.0383. The first-order valence-corrected chi connectivity index (χ1v) is 7.80. The number of halogens is 1. The van der Waals surface area contributed by atoms with Gasteiger partial charge in [-0.3, -0.25) is 0 Å². The monoisotopic (exact) mass is 325 g/mol. The molecular weight excluding hydrogens is 314 g/mol. The number of nitrogens with one attached hydrogen (secondary N) is 1. The highest BCUT2D eigenvalue weighted by molar-refractivity contribution is 7.89. The second kappa shape index (κ2) is 6.26. The molecule has 0 aromatic heterocycles. The summed E-state index contributed by atoms with van der Waals surface area (Å²) < 4.78 is 23.9. The number of benzene rings is 2. The van der Waals surface area contributed by atoms with E-state index in [1.165, 1.54) is 18.2 Å². The number of rotatable bonds is 4. The van der Waals surface area contributed by atoms with Crippen molar-refractivity contribution in [1.29, 1.82) is 0 Å². The van der Waals surface area contributed by atoms with E-state index in [0.717, 1.165) is 5.56 Å². The molecule has 0 aliphatic heterocycles. The Morgan fingerprint density at radius 3 is 2.33 bits per heavy atom. The van der Waals surface area contributed by atoms with Crippen LogP contribution in [0.15, 0.2) is 53.4 Å². The van der Waals surface area contributed by atoms with E-state index in [9.17, 15) is 13.2 Å².